The zero-order valence-corrected chi connectivity index (χ0v) is 12.2. The Hall–Kier alpha value is -1.02. The summed E-state index contributed by atoms with van der Waals surface area (Å²) in [4.78, 5) is 6.69. The van der Waals surface area contributed by atoms with E-state index in [9.17, 15) is 0 Å². The van der Waals surface area contributed by atoms with Crippen LogP contribution in [0.3, 0.4) is 0 Å². The van der Waals surface area contributed by atoms with Gasteiger partial charge >= 0.3 is 0 Å². The molecule has 102 valence electrons. The number of rotatable bonds is 3. The summed E-state index contributed by atoms with van der Waals surface area (Å²) >= 11 is 6.64. The lowest BCUT2D eigenvalue weighted by molar-refractivity contribution is 0.161. The number of allylic oxidation sites excluding steroid dienone is 2. The zero-order chi connectivity index (χ0) is 13.2. The van der Waals surface area contributed by atoms with Crippen LogP contribution >= 0.6 is 11.6 Å². The van der Waals surface area contributed by atoms with Gasteiger partial charge in [-0.2, -0.15) is 0 Å². The van der Waals surface area contributed by atoms with Gasteiger partial charge in [0.2, 0.25) is 0 Å². The zero-order valence-electron chi connectivity index (χ0n) is 11.5. The third kappa shape index (κ3) is 2.64. The Balaban J connectivity index is 1.71. The minimum absolute atomic E-state index is 0.247. The Kier molecular flexibility index (Phi) is 3.79. The quantitative estimate of drug-likeness (QED) is 0.784. The van der Waals surface area contributed by atoms with Gasteiger partial charge < -0.3 is 4.90 Å². The van der Waals surface area contributed by atoms with Crippen molar-refractivity contribution < 1.29 is 0 Å². The molecule has 2 bridgehead atoms. The predicted octanol–water partition coefficient (Wildman–Crippen LogP) is 3.62. The lowest BCUT2D eigenvalue weighted by Crippen LogP contribution is -2.47. The molecule has 2 nitrogen and oxygen atoms in total. The highest BCUT2D eigenvalue weighted by atomic mass is 35.5. The second-order valence-corrected chi connectivity index (χ2v) is 6.22. The summed E-state index contributed by atoms with van der Waals surface area (Å²) in [6.45, 7) is 4.66. The van der Waals surface area contributed by atoms with E-state index in [0.717, 1.165) is 12.8 Å². The fourth-order valence-corrected chi connectivity index (χ4v) is 3.92. The van der Waals surface area contributed by atoms with E-state index in [1.165, 1.54) is 42.8 Å². The van der Waals surface area contributed by atoms with E-state index >= 15 is 0 Å². The van der Waals surface area contributed by atoms with Gasteiger partial charge in [-0.1, -0.05) is 11.6 Å². The van der Waals surface area contributed by atoms with Crippen molar-refractivity contribution >= 4 is 11.6 Å². The molecule has 1 unspecified atom stereocenters. The molecule has 3 saturated heterocycles. The second kappa shape index (κ2) is 5.54. The number of piperidine rings is 3. The summed E-state index contributed by atoms with van der Waals surface area (Å²) in [5, 5.41) is 0.247. The molecule has 1 aromatic rings. The first-order chi connectivity index (χ1) is 9.25. The molecule has 0 amide bonds. The van der Waals surface area contributed by atoms with Crippen molar-refractivity contribution in [1.82, 2.24) is 9.88 Å². The van der Waals surface area contributed by atoms with E-state index in [2.05, 4.69) is 22.9 Å². The Morgan fingerprint density at radius 1 is 1.42 bits per heavy atom. The summed E-state index contributed by atoms with van der Waals surface area (Å²) in [5.74, 6) is 0.704. The number of fused-ring (bicyclic) bond motifs is 3. The Morgan fingerprint density at radius 2 is 2.21 bits per heavy atom. The van der Waals surface area contributed by atoms with Crippen LogP contribution in [0.15, 0.2) is 35.8 Å². The first-order valence-corrected chi connectivity index (χ1v) is 7.67. The molecule has 3 heteroatoms. The molecule has 1 atom stereocenters. The first kappa shape index (κ1) is 13.0. The van der Waals surface area contributed by atoms with E-state index in [1.54, 1.807) is 0 Å². The SMILES string of the molecule is CC(CCc1cccnc1)=C1C(Cl)C2CCN1CC2. The number of pyridine rings is 1. The molecular weight excluding hydrogens is 256 g/mol. The van der Waals surface area contributed by atoms with Gasteiger partial charge in [-0.3, -0.25) is 4.98 Å². The summed E-state index contributed by atoms with van der Waals surface area (Å²) in [5.41, 5.74) is 4.20. The van der Waals surface area contributed by atoms with Gasteiger partial charge in [-0.15, -0.1) is 11.6 Å². The largest absolute Gasteiger partial charge is 0.374 e. The van der Waals surface area contributed by atoms with Gasteiger partial charge in [-0.25, -0.2) is 0 Å². The third-order valence-corrected chi connectivity index (χ3v) is 5.07. The van der Waals surface area contributed by atoms with Crippen molar-refractivity contribution in [2.45, 2.75) is 38.0 Å². The lowest BCUT2D eigenvalue weighted by Gasteiger charge is -2.46. The second-order valence-electron chi connectivity index (χ2n) is 5.75. The van der Waals surface area contributed by atoms with Crippen molar-refractivity contribution in [1.29, 1.82) is 0 Å². The van der Waals surface area contributed by atoms with E-state index < -0.39 is 0 Å². The van der Waals surface area contributed by atoms with Gasteiger partial charge in [-0.05, 0) is 50.2 Å². The van der Waals surface area contributed by atoms with Crippen molar-refractivity contribution in [2.24, 2.45) is 5.92 Å². The van der Waals surface area contributed by atoms with Crippen LogP contribution in [0.2, 0.25) is 0 Å². The molecule has 0 aromatic carbocycles. The van der Waals surface area contributed by atoms with Crippen LogP contribution in [0.1, 0.15) is 31.7 Å². The van der Waals surface area contributed by atoms with Crippen molar-refractivity contribution in [3.05, 3.63) is 41.4 Å². The summed E-state index contributed by atoms with van der Waals surface area (Å²) in [6.07, 6.45) is 8.48. The topological polar surface area (TPSA) is 16.1 Å². The number of halogens is 1. The van der Waals surface area contributed by atoms with Gasteiger partial charge in [0.25, 0.3) is 0 Å². The van der Waals surface area contributed by atoms with Crippen LogP contribution in [-0.2, 0) is 6.42 Å². The molecule has 1 aromatic heterocycles. The van der Waals surface area contributed by atoms with Gasteiger partial charge in [0.05, 0.1) is 5.38 Å². The Labute approximate surface area is 120 Å². The number of aromatic nitrogens is 1. The monoisotopic (exact) mass is 276 g/mol. The van der Waals surface area contributed by atoms with Gasteiger partial charge in [0.15, 0.2) is 0 Å². The molecule has 0 N–H and O–H groups in total. The number of alkyl halides is 1. The fraction of sp³-hybridized carbons (Fsp3) is 0.562. The highest BCUT2D eigenvalue weighted by molar-refractivity contribution is 6.22. The average Bonchev–Trinajstić information content (AvgIpc) is 2.47. The summed E-state index contributed by atoms with van der Waals surface area (Å²) < 4.78 is 0. The highest BCUT2D eigenvalue weighted by Crippen LogP contribution is 2.40. The molecule has 0 spiro atoms. The van der Waals surface area contributed by atoms with Crippen LogP contribution in [0.5, 0.6) is 0 Å². The minimum Gasteiger partial charge on any atom is -0.374 e. The molecule has 3 aliphatic heterocycles. The van der Waals surface area contributed by atoms with Crippen molar-refractivity contribution in [3.63, 3.8) is 0 Å². The smallest absolute Gasteiger partial charge is 0.0762 e. The third-order valence-electron chi connectivity index (χ3n) is 4.50. The molecular formula is C16H21ClN2. The van der Waals surface area contributed by atoms with Crippen molar-refractivity contribution in [3.8, 4) is 0 Å². The Morgan fingerprint density at radius 3 is 2.84 bits per heavy atom. The average molecular weight is 277 g/mol. The number of hydrogen-bond donors (Lipinski definition) is 0. The van der Waals surface area contributed by atoms with Crippen LogP contribution < -0.4 is 0 Å². The van der Waals surface area contributed by atoms with Crippen LogP contribution in [-0.4, -0.2) is 28.4 Å². The molecule has 3 aliphatic rings. The maximum Gasteiger partial charge on any atom is 0.0762 e. The van der Waals surface area contributed by atoms with Crippen LogP contribution in [0.4, 0.5) is 0 Å². The lowest BCUT2D eigenvalue weighted by atomic mass is 9.83. The highest BCUT2D eigenvalue weighted by Gasteiger charge is 2.37. The summed E-state index contributed by atoms with van der Waals surface area (Å²) in [6, 6.07) is 4.16. The fourth-order valence-electron chi connectivity index (χ4n) is 3.34. The molecule has 4 heterocycles. The van der Waals surface area contributed by atoms with E-state index in [1.807, 2.05) is 18.5 Å². The molecule has 0 radical (unpaired) electrons. The molecule has 19 heavy (non-hydrogen) atoms. The van der Waals surface area contributed by atoms with E-state index in [4.69, 9.17) is 11.6 Å². The summed E-state index contributed by atoms with van der Waals surface area (Å²) in [7, 11) is 0. The van der Waals surface area contributed by atoms with Crippen molar-refractivity contribution in [2.75, 3.05) is 13.1 Å². The minimum atomic E-state index is 0.247. The van der Waals surface area contributed by atoms with Crippen LogP contribution in [0, 0.1) is 5.92 Å². The molecule has 0 saturated carbocycles. The van der Waals surface area contributed by atoms with Gasteiger partial charge in [0, 0.05) is 31.2 Å². The maximum atomic E-state index is 6.64. The number of nitrogens with zero attached hydrogens (tertiary/aromatic N) is 2. The standard InChI is InChI=1S/C16H21ClN2/c1-12(4-5-13-3-2-8-18-11-13)16-15(17)14-6-9-19(16)10-7-14/h2-3,8,11,14-15H,4-7,9-10H2,1H3. The maximum absolute atomic E-state index is 6.64. The Bertz CT molecular complexity index is 457. The normalized spacial score (nSPS) is 28.6. The first-order valence-electron chi connectivity index (χ1n) is 7.23. The predicted molar refractivity (Wildman–Crippen MR) is 79.2 cm³/mol. The van der Waals surface area contributed by atoms with Crippen LogP contribution in [0.25, 0.3) is 0 Å². The number of hydrogen-bond acceptors (Lipinski definition) is 2. The van der Waals surface area contributed by atoms with Gasteiger partial charge in [0.1, 0.15) is 0 Å². The van der Waals surface area contributed by atoms with E-state index in [-0.39, 0.29) is 5.38 Å². The molecule has 3 fully saturated rings. The molecule has 0 aliphatic carbocycles. The van der Waals surface area contributed by atoms with E-state index in [0.29, 0.717) is 5.92 Å². The molecule has 4 rings (SSSR count). The number of aryl methyl sites for hydroxylation is 1.